The molecule has 0 spiro atoms. The molecule has 1 aliphatic rings. The number of hydrogen-bond acceptors (Lipinski definition) is 3. The number of benzene rings is 1. The summed E-state index contributed by atoms with van der Waals surface area (Å²) in [6, 6.07) is 3.77. The summed E-state index contributed by atoms with van der Waals surface area (Å²) in [5.74, 6) is 0.664. The van der Waals surface area contributed by atoms with Crippen LogP contribution in [0.5, 0.6) is 5.75 Å². The lowest BCUT2D eigenvalue weighted by Gasteiger charge is -2.06. The molecule has 13 heavy (non-hydrogen) atoms. The van der Waals surface area contributed by atoms with Crippen LogP contribution in [0.15, 0.2) is 12.1 Å². The highest BCUT2D eigenvalue weighted by Gasteiger charge is 2.13. The Morgan fingerprint density at radius 3 is 3.08 bits per heavy atom. The third-order valence-corrected chi connectivity index (χ3v) is 2.29. The second kappa shape index (κ2) is 3.09. The number of anilines is 1. The fourth-order valence-electron chi connectivity index (χ4n) is 1.61. The van der Waals surface area contributed by atoms with Gasteiger partial charge in [0.2, 0.25) is 0 Å². The van der Waals surface area contributed by atoms with E-state index in [0.29, 0.717) is 11.3 Å². The smallest absolute Gasteiger partial charge is 0.153 e. The second-order valence-electron chi connectivity index (χ2n) is 3.05. The highest BCUT2D eigenvalue weighted by Crippen LogP contribution is 2.29. The summed E-state index contributed by atoms with van der Waals surface area (Å²) in [7, 11) is 1.58. The summed E-state index contributed by atoms with van der Waals surface area (Å²) in [4.78, 5) is 10.7. The predicted octanol–water partition coefficient (Wildman–Crippen LogP) is 1.48. The molecule has 1 aliphatic heterocycles. The molecule has 3 nitrogen and oxygen atoms in total. The lowest BCUT2D eigenvalue weighted by molar-refractivity contribution is 0.112. The van der Waals surface area contributed by atoms with Crippen LogP contribution >= 0.6 is 0 Å². The number of nitrogens with one attached hydrogen (secondary N) is 1. The minimum atomic E-state index is 0.607. The molecule has 0 bridgehead atoms. The van der Waals surface area contributed by atoms with Crippen molar-refractivity contribution < 1.29 is 9.53 Å². The van der Waals surface area contributed by atoms with E-state index in [2.05, 4.69) is 5.32 Å². The molecule has 0 aliphatic carbocycles. The first-order valence-corrected chi connectivity index (χ1v) is 4.25. The molecule has 0 unspecified atom stereocenters. The molecule has 0 aromatic heterocycles. The fraction of sp³-hybridized carbons (Fsp3) is 0.300. The van der Waals surface area contributed by atoms with Crippen molar-refractivity contribution in [3.63, 3.8) is 0 Å². The fourth-order valence-corrected chi connectivity index (χ4v) is 1.61. The van der Waals surface area contributed by atoms with Gasteiger partial charge in [0, 0.05) is 12.2 Å². The van der Waals surface area contributed by atoms with Crippen molar-refractivity contribution in [2.24, 2.45) is 0 Å². The quantitative estimate of drug-likeness (QED) is 0.695. The first kappa shape index (κ1) is 8.10. The van der Waals surface area contributed by atoms with E-state index in [9.17, 15) is 4.79 Å². The number of methoxy groups -OCH3 is 1. The van der Waals surface area contributed by atoms with Gasteiger partial charge in [-0.3, -0.25) is 4.79 Å². The molecule has 0 saturated heterocycles. The van der Waals surface area contributed by atoms with E-state index < -0.39 is 0 Å². The Kier molecular flexibility index (Phi) is 1.93. The van der Waals surface area contributed by atoms with E-state index in [0.717, 1.165) is 24.9 Å². The molecule has 0 amide bonds. The van der Waals surface area contributed by atoms with Gasteiger partial charge in [-0.05, 0) is 24.1 Å². The number of ether oxygens (including phenoxy) is 1. The molecular weight excluding hydrogens is 166 g/mol. The summed E-state index contributed by atoms with van der Waals surface area (Å²) >= 11 is 0. The minimum Gasteiger partial charge on any atom is -0.496 e. The molecule has 3 heteroatoms. The summed E-state index contributed by atoms with van der Waals surface area (Å²) in [5, 5.41) is 3.21. The Bertz CT molecular complexity index is 347. The monoisotopic (exact) mass is 177 g/mol. The number of hydrogen-bond donors (Lipinski definition) is 1. The summed E-state index contributed by atoms with van der Waals surface area (Å²) in [5.41, 5.74) is 2.89. The maximum absolute atomic E-state index is 10.7. The van der Waals surface area contributed by atoms with Crippen LogP contribution in [0.2, 0.25) is 0 Å². The number of fused-ring (bicyclic) bond motifs is 1. The Morgan fingerprint density at radius 2 is 2.38 bits per heavy atom. The molecule has 0 radical (unpaired) electrons. The second-order valence-corrected chi connectivity index (χ2v) is 3.05. The zero-order chi connectivity index (χ0) is 9.26. The first-order chi connectivity index (χ1) is 6.35. The summed E-state index contributed by atoms with van der Waals surface area (Å²) in [6.45, 7) is 0.945. The van der Waals surface area contributed by atoms with Crippen LogP contribution in [0.25, 0.3) is 0 Å². The van der Waals surface area contributed by atoms with Crippen LogP contribution in [-0.2, 0) is 6.42 Å². The van der Waals surface area contributed by atoms with Gasteiger partial charge in [-0.1, -0.05) is 0 Å². The van der Waals surface area contributed by atoms with E-state index in [1.54, 1.807) is 7.11 Å². The third-order valence-electron chi connectivity index (χ3n) is 2.29. The Morgan fingerprint density at radius 1 is 1.54 bits per heavy atom. The molecule has 1 N–H and O–H groups in total. The van der Waals surface area contributed by atoms with E-state index in [4.69, 9.17) is 4.74 Å². The van der Waals surface area contributed by atoms with Crippen LogP contribution in [0, 0.1) is 0 Å². The van der Waals surface area contributed by atoms with Gasteiger partial charge in [-0.2, -0.15) is 0 Å². The molecule has 2 rings (SSSR count). The molecule has 1 aromatic rings. The topological polar surface area (TPSA) is 38.3 Å². The Hall–Kier alpha value is -1.51. The van der Waals surface area contributed by atoms with Crippen LogP contribution < -0.4 is 10.1 Å². The zero-order valence-corrected chi connectivity index (χ0v) is 7.46. The van der Waals surface area contributed by atoms with Crippen LogP contribution in [0.1, 0.15) is 15.9 Å². The van der Waals surface area contributed by atoms with Gasteiger partial charge in [0.05, 0.1) is 12.7 Å². The van der Waals surface area contributed by atoms with E-state index in [1.165, 1.54) is 5.56 Å². The maximum atomic E-state index is 10.7. The highest BCUT2D eigenvalue weighted by atomic mass is 16.5. The van der Waals surface area contributed by atoms with Crippen molar-refractivity contribution in [1.82, 2.24) is 0 Å². The Labute approximate surface area is 76.7 Å². The van der Waals surface area contributed by atoms with Crippen LogP contribution in [0.4, 0.5) is 5.69 Å². The normalized spacial score (nSPS) is 13.3. The van der Waals surface area contributed by atoms with Crippen LogP contribution in [-0.4, -0.2) is 19.9 Å². The lowest BCUT2D eigenvalue weighted by Crippen LogP contribution is -1.93. The van der Waals surface area contributed by atoms with Gasteiger partial charge >= 0.3 is 0 Å². The summed E-state index contributed by atoms with van der Waals surface area (Å²) < 4.78 is 5.10. The number of aldehydes is 1. The van der Waals surface area contributed by atoms with E-state index in [-0.39, 0.29) is 0 Å². The number of carbonyl (C=O) groups is 1. The van der Waals surface area contributed by atoms with Gasteiger partial charge < -0.3 is 10.1 Å². The molecule has 68 valence electrons. The molecule has 1 heterocycles. The van der Waals surface area contributed by atoms with Gasteiger partial charge in [0.15, 0.2) is 6.29 Å². The molecule has 0 fully saturated rings. The SMILES string of the molecule is COc1cc2c(cc1C=O)NCC2. The van der Waals surface area contributed by atoms with Crippen molar-refractivity contribution in [3.05, 3.63) is 23.3 Å². The zero-order valence-electron chi connectivity index (χ0n) is 7.46. The van der Waals surface area contributed by atoms with E-state index in [1.807, 2.05) is 12.1 Å². The van der Waals surface area contributed by atoms with Crippen LogP contribution in [0.3, 0.4) is 0 Å². The van der Waals surface area contributed by atoms with Crippen molar-refractivity contribution in [2.75, 3.05) is 19.0 Å². The van der Waals surface area contributed by atoms with Crippen molar-refractivity contribution >= 4 is 12.0 Å². The van der Waals surface area contributed by atoms with Gasteiger partial charge in [0.1, 0.15) is 5.75 Å². The predicted molar refractivity (Wildman–Crippen MR) is 50.6 cm³/mol. The van der Waals surface area contributed by atoms with Crippen molar-refractivity contribution in [2.45, 2.75) is 6.42 Å². The van der Waals surface area contributed by atoms with Crippen molar-refractivity contribution in [3.8, 4) is 5.75 Å². The number of carbonyl (C=O) groups excluding carboxylic acids is 1. The lowest BCUT2D eigenvalue weighted by atomic mass is 10.1. The first-order valence-electron chi connectivity index (χ1n) is 4.25. The maximum Gasteiger partial charge on any atom is 0.153 e. The molecular formula is C10H11NO2. The number of rotatable bonds is 2. The molecule has 0 atom stereocenters. The average Bonchev–Trinajstić information content (AvgIpc) is 2.62. The van der Waals surface area contributed by atoms with Gasteiger partial charge in [0.25, 0.3) is 0 Å². The minimum absolute atomic E-state index is 0.607. The average molecular weight is 177 g/mol. The summed E-state index contributed by atoms with van der Waals surface area (Å²) in [6.07, 6.45) is 1.82. The van der Waals surface area contributed by atoms with E-state index >= 15 is 0 Å². The molecule has 1 aromatic carbocycles. The van der Waals surface area contributed by atoms with Gasteiger partial charge in [-0.15, -0.1) is 0 Å². The third kappa shape index (κ3) is 1.26. The van der Waals surface area contributed by atoms with Crippen molar-refractivity contribution in [1.29, 1.82) is 0 Å². The Balaban J connectivity index is 2.53. The standard InChI is InChI=1S/C10H11NO2/c1-13-10-5-7-2-3-11-9(7)4-8(10)6-12/h4-6,11H,2-3H2,1H3. The van der Waals surface area contributed by atoms with Gasteiger partial charge in [-0.25, -0.2) is 0 Å². The largest absolute Gasteiger partial charge is 0.496 e. The highest BCUT2D eigenvalue weighted by molar-refractivity contribution is 5.83. The molecule has 0 saturated carbocycles.